The number of rotatable bonds is 6. The first-order valence-electron chi connectivity index (χ1n) is 6.63. The summed E-state index contributed by atoms with van der Waals surface area (Å²) in [4.78, 5) is 6.71. The number of aryl methyl sites for hydroxylation is 1. The molecular weight excluding hydrogens is 316 g/mol. The molecule has 0 spiro atoms. The molecule has 0 fully saturated rings. The molecule has 2 aromatic rings. The van der Waals surface area contributed by atoms with Crippen LogP contribution >= 0.6 is 15.9 Å². The van der Waals surface area contributed by atoms with Gasteiger partial charge in [-0.3, -0.25) is 9.88 Å². The van der Waals surface area contributed by atoms with E-state index in [-0.39, 0.29) is 0 Å². The Morgan fingerprint density at radius 2 is 1.90 bits per heavy atom. The second-order valence-corrected chi connectivity index (χ2v) is 5.73. The molecule has 1 aromatic heterocycles. The molecule has 0 saturated carbocycles. The molecule has 20 heavy (non-hydrogen) atoms. The number of nitrogens with zero attached hydrogens (tertiary/aromatic N) is 2. The van der Waals surface area contributed by atoms with E-state index < -0.39 is 0 Å². The minimum absolute atomic E-state index is 0.671. The topological polar surface area (TPSA) is 25.4 Å². The first-order valence-corrected chi connectivity index (χ1v) is 7.42. The van der Waals surface area contributed by atoms with Gasteiger partial charge in [0.05, 0.1) is 5.69 Å². The van der Waals surface area contributed by atoms with Gasteiger partial charge in [-0.2, -0.15) is 0 Å². The summed E-state index contributed by atoms with van der Waals surface area (Å²) in [6.07, 6.45) is 0. The van der Waals surface area contributed by atoms with Crippen LogP contribution in [0.25, 0.3) is 0 Å². The molecule has 0 aliphatic heterocycles. The van der Waals surface area contributed by atoms with Gasteiger partial charge < -0.3 is 4.74 Å². The molecule has 0 aliphatic carbocycles. The number of hydrogen-bond donors (Lipinski definition) is 0. The molecule has 0 bridgehead atoms. The van der Waals surface area contributed by atoms with Crippen LogP contribution in [-0.4, -0.2) is 30.1 Å². The Morgan fingerprint density at radius 3 is 2.60 bits per heavy atom. The molecule has 0 radical (unpaired) electrons. The highest BCUT2D eigenvalue weighted by Crippen LogP contribution is 2.15. The van der Waals surface area contributed by atoms with Crippen molar-refractivity contribution in [3.63, 3.8) is 0 Å². The molecule has 2 rings (SSSR count). The fourth-order valence-corrected chi connectivity index (χ4v) is 2.16. The maximum atomic E-state index is 5.71. The van der Waals surface area contributed by atoms with Crippen molar-refractivity contribution < 1.29 is 4.74 Å². The van der Waals surface area contributed by atoms with Crippen molar-refractivity contribution in [3.05, 3.63) is 58.3 Å². The van der Waals surface area contributed by atoms with Crippen LogP contribution in [0.3, 0.4) is 0 Å². The molecule has 106 valence electrons. The summed E-state index contributed by atoms with van der Waals surface area (Å²) in [6.45, 7) is 4.39. The van der Waals surface area contributed by atoms with E-state index >= 15 is 0 Å². The standard InChI is InChI=1S/C16H19BrN2O/c1-13-4-3-5-15(18-13)12-19(2)10-11-20-16-8-6-14(17)7-9-16/h3-9H,10-12H2,1-2H3. The number of ether oxygens (including phenoxy) is 1. The molecule has 0 unspecified atom stereocenters. The Balaban J connectivity index is 1.75. The van der Waals surface area contributed by atoms with Gasteiger partial charge in [0.15, 0.2) is 0 Å². The van der Waals surface area contributed by atoms with E-state index in [2.05, 4.69) is 38.9 Å². The van der Waals surface area contributed by atoms with Gasteiger partial charge in [0.2, 0.25) is 0 Å². The van der Waals surface area contributed by atoms with Crippen LogP contribution < -0.4 is 4.74 Å². The quantitative estimate of drug-likeness (QED) is 0.806. The van der Waals surface area contributed by atoms with Crippen molar-refractivity contribution in [2.75, 3.05) is 20.2 Å². The SMILES string of the molecule is Cc1cccc(CN(C)CCOc2ccc(Br)cc2)n1. The molecule has 0 amide bonds. The van der Waals surface area contributed by atoms with Gasteiger partial charge in [0.1, 0.15) is 12.4 Å². The van der Waals surface area contributed by atoms with Crippen molar-refractivity contribution in [3.8, 4) is 5.75 Å². The zero-order valence-corrected chi connectivity index (χ0v) is 13.4. The third-order valence-electron chi connectivity index (χ3n) is 2.93. The number of pyridine rings is 1. The minimum Gasteiger partial charge on any atom is -0.492 e. The average Bonchev–Trinajstić information content (AvgIpc) is 2.41. The molecule has 3 nitrogen and oxygen atoms in total. The average molecular weight is 335 g/mol. The largest absolute Gasteiger partial charge is 0.492 e. The summed E-state index contributed by atoms with van der Waals surface area (Å²) in [5, 5.41) is 0. The second-order valence-electron chi connectivity index (χ2n) is 4.81. The number of halogens is 1. The summed E-state index contributed by atoms with van der Waals surface area (Å²) >= 11 is 3.41. The first kappa shape index (κ1) is 15.0. The van der Waals surface area contributed by atoms with Gasteiger partial charge in [0.25, 0.3) is 0 Å². The maximum absolute atomic E-state index is 5.71. The van der Waals surface area contributed by atoms with Crippen LogP contribution in [0.4, 0.5) is 0 Å². The van der Waals surface area contributed by atoms with Gasteiger partial charge in [-0.15, -0.1) is 0 Å². The molecule has 1 aromatic carbocycles. The van der Waals surface area contributed by atoms with Crippen molar-refractivity contribution in [1.29, 1.82) is 0 Å². The lowest BCUT2D eigenvalue weighted by Gasteiger charge is -2.16. The highest BCUT2D eigenvalue weighted by Gasteiger charge is 2.02. The predicted molar refractivity (Wildman–Crippen MR) is 84.9 cm³/mol. The maximum Gasteiger partial charge on any atom is 0.119 e. The van der Waals surface area contributed by atoms with Crippen molar-refractivity contribution in [2.45, 2.75) is 13.5 Å². The monoisotopic (exact) mass is 334 g/mol. The summed E-state index contributed by atoms with van der Waals surface area (Å²) in [6, 6.07) is 14.0. The first-order chi connectivity index (χ1) is 9.63. The Labute approximate surface area is 128 Å². The lowest BCUT2D eigenvalue weighted by molar-refractivity contribution is 0.231. The van der Waals surface area contributed by atoms with Crippen LogP contribution in [-0.2, 0) is 6.54 Å². The smallest absolute Gasteiger partial charge is 0.119 e. The predicted octanol–water partition coefficient (Wildman–Crippen LogP) is 3.66. The van der Waals surface area contributed by atoms with E-state index in [1.165, 1.54) is 0 Å². The van der Waals surface area contributed by atoms with E-state index in [1.54, 1.807) is 0 Å². The zero-order valence-electron chi connectivity index (χ0n) is 11.8. The van der Waals surface area contributed by atoms with Crippen molar-refractivity contribution in [2.24, 2.45) is 0 Å². The van der Waals surface area contributed by atoms with Crippen molar-refractivity contribution in [1.82, 2.24) is 9.88 Å². The molecular formula is C16H19BrN2O. The van der Waals surface area contributed by atoms with Gasteiger partial charge in [0, 0.05) is 23.3 Å². The normalized spacial score (nSPS) is 10.8. The number of likely N-dealkylation sites (N-methyl/N-ethyl adjacent to an activating group) is 1. The second kappa shape index (κ2) is 7.41. The van der Waals surface area contributed by atoms with E-state index in [9.17, 15) is 0 Å². The van der Waals surface area contributed by atoms with Crippen LogP contribution in [0, 0.1) is 6.92 Å². The van der Waals surface area contributed by atoms with Crippen LogP contribution in [0.1, 0.15) is 11.4 Å². The molecule has 4 heteroatoms. The van der Waals surface area contributed by atoms with Crippen LogP contribution in [0.2, 0.25) is 0 Å². The molecule has 1 heterocycles. The molecule has 0 aliphatic rings. The lowest BCUT2D eigenvalue weighted by atomic mass is 10.3. The van der Waals surface area contributed by atoms with Gasteiger partial charge >= 0.3 is 0 Å². The van der Waals surface area contributed by atoms with Gasteiger partial charge in [-0.1, -0.05) is 22.0 Å². The third kappa shape index (κ3) is 4.94. The summed E-state index contributed by atoms with van der Waals surface area (Å²) in [7, 11) is 2.08. The Hall–Kier alpha value is -1.39. The highest BCUT2D eigenvalue weighted by atomic mass is 79.9. The van der Waals surface area contributed by atoms with Crippen LogP contribution in [0.5, 0.6) is 5.75 Å². The highest BCUT2D eigenvalue weighted by molar-refractivity contribution is 9.10. The number of hydrogen-bond acceptors (Lipinski definition) is 3. The third-order valence-corrected chi connectivity index (χ3v) is 3.46. The van der Waals surface area contributed by atoms with Crippen LogP contribution in [0.15, 0.2) is 46.9 Å². The fraction of sp³-hybridized carbons (Fsp3) is 0.312. The molecule has 0 N–H and O–H groups in total. The fourth-order valence-electron chi connectivity index (χ4n) is 1.89. The van der Waals surface area contributed by atoms with Gasteiger partial charge in [-0.05, 0) is 50.4 Å². The van der Waals surface area contributed by atoms with E-state index in [0.717, 1.165) is 34.7 Å². The zero-order chi connectivity index (χ0) is 14.4. The Bertz CT molecular complexity index is 542. The summed E-state index contributed by atoms with van der Waals surface area (Å²) in [5.41, 5.74) is 2.15. The van der Waals surface area contributed by atoms with E-state index in [4.69, 9.17) is 4.74 Å². The molecule has 0 atom stereocenters. The lowest BCUT2D eigenvalue weighted by Crippen LogP contribution is -2.24. The summed E-state index contributed by atoms with van der Waals surface area (Å²) in [5.74, 6) is 0.898. The van der Waals surface area contributed by atoms with Crippen molar-refractivity contribution >= 4 is 15.9 Å². The molecule has 0 saturated heterocycles. The van der Waals surface area contributed by atoms with Gasteiger partial charge in [-0.25, -0.2) is 0 Å². The van der Waals surface area contributed by atoms with E-state index in [0.29, 0.717) is 6.61 Å². The summed E-state index contributed by atoms with van der Waals surface area (Å²) < 4.78 is 6.77. The van der Waals surface area contributed by atoms with E-state index in [1.807, 2.05) is 43.3 Å². The Kier molecular flexibility index (Phi) is 5.56. The minimum atomic E-state index is 0.671. The number of benzene rings is 1. The Morgan fingerprint density at radius 1 is 1.15 bits per heavy atom. The number of aromatic nitrogens is 1.